The molecule has 0 atom stereocenters. The molecule has 0 heterocycles. The van der Waals surface area contributed by atoms with Crippen molar-refractivity contribution in [3.63, 3.8) is 0 Å². The van der Waals surface area contributed by atoms with Gasteiger partial charge in [0.1, 0.15) is 11.5 Å². The maximum Gasteiger partial charge on any atom is 0.142 e. The minimum Gasteiger partial charge on any atom is -0.508 e. The van der Waals surface area contributed by atoms with Crippen LogP contribution in [-0.2, 0) is 0 Å². The average molecular weight is 286 g/mol. The molecule has 0 aliphatic rings. The Hall–Kier alpha value is -2.36. The third kappa shape index (κ3) is 4.31. The van der Waals surface area contributed by atoms with Crippen molar-refractivity contribution in [3.8, 4) is 11.5 Å². The molecule has 0 radical (unpaired) electrons. The number of hydrogen-bond donors (Lipinski definition) is 2. The topological polar surface area (TPSA) is 58.7 Å². The third-order valence-electron chi connectivity index (χ3n) is 3.33. The van der Waals surface area contributed by atoms with E-state index >= 15 is 0 Å². The van der Waals surface area contributed by atoms with Crippen molar-refractivity contribution < 1.29 is 9.84 Å². The van der Waals surface area contributed by atoms with Crippen LogP contribution in [0.15, 0.2) is 48.5 Å². The van der Waals surface area contributed by atoms with Crippen LogP contribution in [0.1, 0.15) is 13.3 Å². The molecule has 0 unspecified atom stereocenters. The van der Waals surface area contributed by atoms with Crippen LogP contribution in [0, 0.1) is 0 Å². The van der Waals surface area contributed by atoms with Crippen LogP contribution < -0.4 is 15.4 Å². The molecular formula is C17H22N2O2. The van der Waals surface area contributed by atoms with E-state index in [9.17, 15) is 5.11 Å². The van der Waals surface area contributed by atoms with Gasteiger partial charge in [-0.1, -0.05) is 18.2 Å². The maximum atomic E-state index is 9.54. The van der Waals surface area contributed by atoms with E-state index in [1.807, 2.05) is 36.4 Å². The quantitative estimate of drug-likeness (QED) is 0.606. The zero-order valence-corrected chi connectivity index (χ0v) is 12.3. The van der Waals surface area contributed by atoms with Crippen LogP contribution >= 0.6 is 0 Å². The van der Waals surface area contributed by atoms with E-state index in [1.165, 1.54) is 0 Å². The Morgan fingerprint density at radius 1 is 1.14 bits per heavy atom. The smallest absolute Gasteiger partial charge is 0.142 e. The number of nitrogens with two attached hydrogens (primary N) is 1. The molecule has 0 bridgehead atoms. The molecule has 0 aliphatic heterocycles. The van der Waals surface area contributed by atoms with Crippen molar-refractivity contribution in [2.24, 2.45) is 0 Å². The molecule has 0 amide bonds. The Kier molecular flexibility index (Phi) is 5.32. The fraction of sp³-hybridized carbons (Fsp3) is 0.294. The lowest BCUT2D eigenvalue weighted by Crippen LogP contribution is -2.25. The van der Waals surface area contributed by atoms with Gasteiger partial charge < -0.3 is 20.5 Å². The highest BCUT2D eigenvalue weighted by atomic mass is 16.5. The molecule has 0 fully saturated rings. The van der Waals surface area contributed by atoms with Gasteiger partial charge in [-0.05, 0) is 37.6 Å². The van der Waals surface area contributed by atoms with Gasteiger partial charge >= 0.3 is 0 Å². The summed E-state index contributed by atoms with van der Waals surface area (Å²) in [4.78, 5) is 2.21. The molecule has 112 valence electrons. The number of nitrogens with zero attached hydrogens (tertiary/aromatic N) is 1. The normalized spacial score (nSPS) is 10.3. The zero-order valence-electron chi connectivity index (χ0n) is 12.3. The van der Waals surface area contributed by atoms with E-state index in [1.54, 1.807) is 12.1 Å². The highest BCUT2D eigenvalue weighted by molar-refractivity contribution is 5.52. The summed E-state index contributed by atoms with van der Waals surface area (Å²) in [6, 6.07) is 14.8. The molecular weight excluding hydrogens is 264 g/mol. The molecule has 2 rings (SSSR count). The first-order valence-electron chi connectivity index (χ1n) is 7.22. The number of nitrogen functional groups attached to an aromatic ring is 1. The van der Waals surface area contributed by atoms with E-state index in [0.717, 1.165) is 30.9 Å². The summed E-state index contributed by atoms with van der Waals surface area (Å²) in [5.74, 6) is 1.03. The van der Waals surface area contributed by atoms with Gasteiger partial charge in [-0.25, -0.2) is 0 Å². The Bertz CT molecular complexity index is 572. The average Bonchev–Trinajstić information content (AvgIpc) is 2.49. The van der Waals surface area contributed by atoms with Crippen molar-refractivity contribution in [1.29, 1.82) is 0 Å². The first-order valence-corrected chi connectivity index (χ1v) is 7.22. The molecule has 0 aromatic heterocycles. The lowest BCUT2D eigenvalue weighted by atomic mass is 10.2. The number of phenols is 1. The highest BCUT2D eigenvalue weighted by Crippen LogP contribution is 2.21. The lowest BCUT2D eigenvalue weighted by Gasteiger charge is -2.23. The molecule has 3 N–H and O–H groups in total. The Balaban J connectivity index is 1.83. The second-order valence-electron chi connectivity index (χ2n) is 4.84. The SMILES string of the molecule is CCN(CCCOc1ccccc1N)c1cccc(O)c1. The van der Waals surface area contributed by atoms with Crippen LogP contribution in [0.2, 0.25) is 0 Å². The Labute approximate surface area is 125 Å². The molecule has 2 aromatic rings. The minimum atomic E-state index is 0.291. The summed E-state index contributed by atoms with van der Waals surface area (Å²) in [5.41, 5.74) is 7.52. The second-order valence-corrected chi connectivity index (χ2v) is 4.84. The fourth-order valence-electron chi connectivity index (χ4n) is 2.21. The minimum absolute atomic E-state index is 0.291. The van der Waals surface area contributed by atoms with E-state index in [-0.39, 0.29) is 0 Å². The monoisotopic (exact) mass is 286 g/mol. The number of aromatic hydroxyl groups is 1. The van der Waals surface area contributed by atoms with E-state index in [0.29, 0.717) is 18.0 Å². The van der Waals surface area contributed by atoms with E-state index in [4.69, 9.17) is 10.5 Å². The van der Waals surface area contributed by atoms with Crippen LogP contribution in [0.25, 0.3) is 0 Å². The molecule has 4 heteroatoms. The Morgan fingerprint density at radius 2 is 1.95 bits per heavy atom. The highest BCUT2D eigenvalue weighted by Gasteiger charge is 2.05. The van der Waals surface area contributed by atoms with Crippen LogP contribution in [0.3, 0.4) is 0 Å². The third-order valence-corrected chi connectivity index (χ3v) is 3.33. The van der Waals surface area contributed by atoms with Gasteiger partial charge in [-0.15, -0.1) is 0 Å². The summed E-state index contributed by atoms with van der Waals surface area (Å²) in [6.45, 7) is 4.47. The van der Waals surface area contributed by atoms with Crippen molar-refractivity contribution in [3.05, 3.63) is 48.5 Å². The van der Waals surface area contributed by atoms with Gasteiger partial charge in [-0.3, -0.25) is 0 Å². The van der Waals surface area contributed by atoms with Gasteiger partial charge in [-0.2, -0.15) is 0 Å². The number of ether oxygens (including phenoxy) is 1. The first-order chi connectivity index (χ1) is 10.2. The van der Waals surface area contributed by atoms with Crippen LogP contribution in [0.5, 0.6) is 11.5 Å². The summed E-state index contributed by atoms with van der Waals surface area (Å²) in [5, 5.41) is 9.54. The molecule has 2 aromatic carbocycles. The fourth-order valence-corrected chi connectivity index (χ4v) is 2.21. The predicted octanol–water partition coefficient (Wildman–Crippen LogP) is 3.27. The lowest BCUT2D eigenvalue weighted by molar-refractivity contribution is 0.313. The number of rotatable bonds is 7. The van der Waals surface area contributed by atoms with Crippen LogP contribution in [0.4, 0.5) is 11.4 Å². The van der Waals surface area contributed by atoms with E-state index in [2.05, 4.69) is 11.8 Å². The zero-order chi connectivity index (χ0) is 15.1. The molecule has 0 saturated heterocycles. The van der Waals surface area contributed by atoms with E-state index < -0.39 is 0 Å². The van der Waals surface area contributed by atoms with Crippen molar-refractivity contribution in [2.75, 3.05) is 30.3 Å². The number of benzene rings is 2. The number of para-hydroxylation sites is 2. The number of anilines is 2. The molecule has 4 nitrogen and oxygen atoms in total. The second kappa shape index (κ2) is 7.43. The van der Waals surface area contributed by atoms with Gasteiger partial charge in [0.25, 0.3) is 0 Å². The first kappa shape index (κ1) is 15.0. The van der Waals surface area contributed by atoms with Crippen molar-refractivity contribution in [1.82, 2.24) is 0 Å². The van der Waals surface area contributed by atoms with Gasteiger partial charge in [0.2, 0.25) is 0 Å². The summed E-state index contributed by atoms with van der Waals surface area (Å²) in [7, 11) is 0. The summed E-state index contributed by atoms with van der Waals surface area (Å²) in [6.07, 6.45) is 0.887. The molecule has 21 heavy (non-hydrogen) atoms. The van der Waals surface area contributed by atoms with Gasteiger partial charge in [0, 0.05) is 24.8 Å². The molecule has 0 aliphatic carbocycles. The summed E-state index contributed by atoms with van der Waals surface area (Å²) >= 11 is 0. The molecule has 0 spiro atoms. The largest absolute Gasteiger partial charge is 0.508 e. The number of hydrogen-bond acceptors (Lipinski definition) is 4. The number of phenolic OH excluding ortho intramolecular Hbond substituents is 1. The van der Waals surface area contributed by atoms with Gasteiger partial charge in [0.15, 0.2) is 0 Å². The standard InChI is InChI=1S/C17H22N2O2/c1-2-19(14-7-5-8-15(20)13-14)11-6-12-21-17-10-4-3-9-16(17)18/h3-5,7-10,13,20H,2,6,11-12,18H2,1H3. The maximum absolute atomic E-state index is 9.54. The molecule has 0 saturated carbocycles. The van der Waals surface area contributed by atoms with Gasteiger partial charge in [0.05, 0.1) is 12.3 Å². The summed E-state index contributed by atoms with van der Waals surface area (Å²) < 4.78 is 5.69. The van der Waals surface area contributed by atoms with Crippen molar-refractivity contribution in [2.45, 2.75) is 13.3 Å². The van der Waals surface area contributed by atoms with Crippen LogP contribution in [-0.4, -0.2) is 24.8 Å². The Morgan fingerprint density at radius 3 is 2.67 bits per heavy atom. The predicted molar refractivity (Wildman–Crippen MR) is 87.0 cm³/mol. The van der Waals surface area contributed by atoms with Crippen molar-refractivity contribution >= 4 is 11.4 Å².